The quantitative estimate of drug-likeness (QED) is 0.336. The fraction of sp³-hybridized carbons (Fsp3) is 0.889. The van der Waals surface area contributed by atoms with E-state index in [0.29, 0.717) is 23.4 Å². The monoisotopic (exact) mass is 430 g/mol. The van der Waals surface area contributed by atoms with Gasteiger partial charge in [0.2, 0.25) is 0 Å². The van der Waals surface area contributed by atoms with E-state index in [0.717, 1.165) is 42.7 Å². The molecule has 0 aromatic rings. The van der Waals surface area contributed by atoms with E-state index in [2.05, 4.69) is 30.0 Å². The lowest BCUT2D eigenvalue weighted by Gasteiger charge is -2.61. The van der Waals surface area contributed by atoms with Gasteiger partial charge in [-0.15, -0.1) is 0 Å². The van der Waals surface area contributed by atoms with Crippen LogP contribution in [0, 0.1) is 34.5 Å². The molecule has 4 aliphatic carbocycles. The predicted octanol–water partition coefficient (Wildman–Crippen LogP) is 5.66. The van der Waals surface area contributed by atoms with Crippen LogP contribution in [0.5, 0.6) is 0 Å². The zero-order chi connectivity index (χ0) is 22.3. The molecule has 4 aliphatic rings. The normalized spacial score (nSPS) is 45.5. The van der Waals surface area contributed by atoms with Gasteiger partial charge in [-0.3, -0.25) is 0 Å². The van der Waals surface area contributed by atoms with Crippen molar-refractivity contribution in [2.75, 3.05) is 27.2 Å². The number of oxime groups is 1. The Hall–Kier alpha value is -0.870. The number of rotatable bonds is 6. The minimum Gasteiger partial charge on any atom is -0.394 e. The Bertz CT molecular complexity index is 703. The molecule has 176 valence electrons. The Labute approximate surface area is 190 Å². The second kappa shape index (κ2) is 8.82. The summed E-state index contributed by atoms with van der Waals surface area (Å²) >= 11 is 0. The fourth-order valence-electron chi connectivity index (χ4n) is 8.26. The van der Waals surface area contributed by atoms with Gasteiger partial charge in [0.1, 0.15) is 6.61 Å². The third-order valence-corrected chi connectivity index (χ3v) is 10.00. The Kier molecular flexibility index (Phi) is 6.63. The lowest BCUT2D eigenvalue weighted by Crippen LogP contribution is -2.55. The molecule has 0 spiro atoms. The van der Waals surface area contributed by atoms with Crippen molar-refractivity contribution in [3.63, 3.8) is 0 Å². The van der Waals surface area contributed by atoms with Gasteiger partial charge in [-0.05, 0) is 125 Å². The van der Waals surface area contributed by atoms with Crippen LogP contribution in [0.15, 0.2) is 16.8 Å². The number of hydrogen-bond acceptors (Lipinski definition) is 4. The highest BCUT2D eigenvalue weighted by Crippen LogP contribution is 2.66. The number of aliphatic hydroxyl groups is 1. The lowest BCUT2D eigenvalue weighted by atomic mass is 9.44. The SMILES string of the molecule is CC(C=NOCCN(C)C)=C[C@]1(O)CC[C@@]2(C)[C@H](CC[C@H]3[C@@H]4CCC[C@@]4(C)CC[C@@H]32)C1. The molecule has 0 aliphatic heterocycles. The maximum atomic E-state index is 11.5. The molecule has 4 nitrogen and oxygen atoms in total. The topological polar surface area (TPSA) is 45.1 Å². The Morgan fingerprint density at radius 1 is 1.06 bits per heavy atom. The van der Waals surface area contributed by atoms with Crippen LogP contribution < -0.4 is 0 Å². The van der Waals surface area contributed by atoms with Gasteiger partial charge < -0.3 is 14.8 Å². The molecular weight excluding hydrogens is 384 g/mol. The van der Waals surface area contributed by atoms with E-state index in [1.807, 2.05) is 21.0 Å². The molecular formula is C27H46N2O2. The van der Waals surface area contributed by atoms with E-state index in [1.54, 1.807) is 6.21 Å². The van der Waals surface area contributed by atoms with Gasteiger partial charge in [-0.1, -0.05) is 25.4 Å². The highest BCUT2D eigenvalue weighted by atomic mass is 16.6. The Balaban J connectivity index is 1.40. The van der Waals surface area contributed by atoms with Crippen molar-refractivity contribution in [2.24, 2.45) is 39.7 Å². The van der Waals surface area contributed by atoms with Crippen molar-refractivity contribution in [2.45, 2.75) is 90.6 Å². The van der Waals surface area contributed by atoms with Crippen LogP contribution in [0.1, 0.15) is 85.0 Å². The van der Waals surface area contributed by atoms with Crippen LogP contribution in [0.3, 0.4) is 0 Å². The van der Waals surface area contributed by atoms with E-state index in [9.17, 15) is 5.11 Å². The van der Waals surface area contributed by atoms with Crippen LogP contribution in [-0.2, 0) is 4.84 Å². The number of likely N-dealkylation sites (N-methyl/N-ethyl adjacent to an activating group) is 1. The molecule has 4 fully saturated rings. The van der Waals surface area contributed by atoms with Crippen LogP contribution in [-0.4, -0.2) is 49.1 Å². The summed E-state index contributed by atoms with van der Waals surface area (Å²) in [6, 6.07) is 0. The zero-order valence-electron chi connectivity index (χ0n) is 20.7. The standard InChI is InChI=1S/C27H46N2O2/c1-20(19-28-31-16-15-29(4)5)17-27(30)14-13-26(3)21(18-27)8-9-22-23-7-6-11-25(23,2)12-10-24(22)26/h17,19,21-24,30H,6-16,18H2,1-5H3/t21-,22+,23+,24+,25+,26+,27-/m1/s1. The first-order valence-electron chi connectivity index (χ1n) is 12.9. The molecule has 31 heavy (non-hydrogen) atoms. The maximum absolute atomic E-state index is 11.5. The van der Waals surface area contributed by atoms with Crippen molar-refractivity contribution < 1.29 is 9.94 Å². The van der Waals surface area contributed by atoms with Gasteiger partial charge in [-0.25, -0.2) is 0 Å². The van der Waals surface area contributed by atoms with Gasteiger partial charge in [-0.2, -0.15) is 0 Å². The van der Waals surface area contributed by atoms with Crippen LogP contribution in [0.25, 0.3) is 0 Å². The molecule has 4 rings (SSSR count). The van der Waals surface area contributed by atoms with Crippen LogP contribution in [0.4, 0.5) is 0 Å². The highest BCUT2D eigenvalue weighted by Gasteiger charge is 2.59. The molecule has 4 heteroatoms. The number of hydrogen-bond donors (Lipinski definition) is 1. The molecule has 1 N–H and O–H groups in total. The summed E-state index contributed by atoms with van der Waals surface area (Å²) in [4.78, 5) is 7.42. The number of fused-ring (bicyclic) bond motifs is 5. The van der Waals surface area contributed by atoms with E-state index in [4.69, 9.17) is 4.84 Å². The third-order valence-electron chi connectivity index (χ3n) is 10.00. The smallest absolute Gasteiger partial charge is 0.129 e. The molecule has 0 aromatic heterocycles. The van der Waals surface area contributed by atoms with E-state index >= 15 is 0 Å². The Morgan fingerprint density at radius 3 is 2.65 bits per heavy atom. The molecule has 0 unspecified atom stereocenters. The summed E-state index contributed by atoms with van der Waals surface area (Å²) < 4.78 is 0. The summed E-state index contributed by atoms with van der Waals surface area (Å²) in [5.41, 5.74) is 1.37. The van der Waals surface area contributed by atoms with E-state index in [-0.39, 0.29) is 0 Å². The molecule has 4 saturated carbocycles. The van der Waals surface area contributed by atoms with Crippen molar-refractivity contribution in [3.05, 3.63) is 11.6 Å². The van der Waals surface area contributed by atoms with Crippen LogP contribution >= 0.6 is 0 Å². The minimum absolute atomic E-state index is 0.421. The number of allylic oxidation sites excluding steroid dienone is 1. The summed E-state index contributed by atoms with van der Waals surface area (Å²) in [6.45, 7) is 8.65. The van der Waals surface area contributed by atoms with Crippen molar-refractivity contribution >= 4 is 6.21 Å². The van der Waals surface area contributed by atoms with Crippen molar-refractivity contribution in [1.29, 1.82) is 0 Å². The zero-order valence-corrected chi connectivity index (χ0v) is 20.7. The minimum atomic E-state index is -0.687. The number of nitrogens with zero attached hydrogens (tertiary/aromatic N) is 2. The first kappa shape index (κ1) is 23.3. The first-order chi connectivity index (χ1) is 14.7. The maximum Gasteiger partial charge on any atom is 0.129 e. The summed E-state index contributed by atoms with van der Waals surface area (Å²) in [5.74, 6) is 3.44. The molecule has 0 bridgehead atoms. The molecule has 0 heterocycles. The largest absolute Gasteiger partial charge is 0.394 e. The van der Waals surface area contributed by atoms with E-state index < -0.39 is 5.60 Å². The lowest BCUT2D eigenvalue weighted by molar-refractivity contribution is -0.135. The molecule has 0 radical (unpaired) electrons. The predicted molar refractivity (Wildman–Crippen MR) is 128 cm³/mol. The third kappa shape index (κ3) is 4.62. The highest BCUT2D eigenvalue weighted by molar-refractivity contribution is 5.77. The molecule has 0 aromatic carbocycles. The summed E-state index contributed by atoms with van der Waals surface area (Å²) in [6.07, 6.45) is 16.8. The van der Waals surface area contributed by atoms with Gasteiger partial charge >= 0.3 is 0 Å². The molecule has 0 saturated heterocycles. The van der Waals surface area contributed by atoms with Gasteiger partial charge in [0.15, 0.2) is 0 Å². The second-order valence-corrected chi connectivity index (χ2v) is 12.3. The van der Waals surface area contributed by atoms with Gasteiger partial charge in [0.05, 0.1) is 11.8 Å². The molecule has 7 atom stereocenters. The summed E-state index contributed by atoms with van der Waals surface area (Å²) in [7, 11) is 4.05. The average Bonchev–Trinajstić information content (AvgIpc) is 3.10. The fourth-order valence-corrected chi connectivity index (χ4v) is 8.26. The average molecular weight is 431 g/mol. The van der Waals surface area contributed by atoms with Gasteiger partial charge in [0, 0.05) is 6.54 Å². The van der Waals surface area contributed by atoms with E-state index in [1.165, 1.54) is 51.4 Å². The van der Waals surface area contributed by atoms with Gasteiger partial charge in [0.25, 0.3) is 0 Å². The second-order valence-electron chi connectivity index (χ2n) is 12.3. The first-order valence-corrected chi connectivity index (χ1v) is 12.9. The molecule has 0 amide bonds. The van der Waals surface area contributed by atoms with Crippen molar-refractivity contribution in [1.82, 2.24) is 4.90 Å². The van der Waals surface area contributed by atoms with Crippen molar-refractivity contribution in [3.8, 4) is 0 Å². The summed E-state index contributed by atoms with van der Waals surface area (Å²) in [5, 5.41) is 15.6. The van der Waals surface area contributed by atoms with Crippen LogP contribution in [0.2, 0.25) is 0 Å². The Morgan fingerprint density at radius 2 is 1.87 bits per heavy atom.